The first kappa shape index (κ1) is 30.9. The van der Waals surface area contributed by atoms with Gasteiger partial charge in [0.25, 0.3) is 0 Å². The van der Waals surface area contributed by atoms with Crippen molar-refractivity contribution in [3.63, 3.8) is 0 Å². The molecule has 0 aliphatic rings. The zero-order valence-electron chi connectivity index (χ0n) is 30.5. The van der Waals surface area contributed by atoms with Gasteiger partial charge in [0.15, 0.2) is 5.82 Å². The Kier molecular flexibility index (Phi) is 6.29. The second-order valence-electron chi connectivity index (χ2n) is 15.0. The van der Waals surface area contributed by atoms with Crippen molar-refractivity contribution in [1.82, 2.24) is 19.1 Å². The maximum atomic E-state index is 5.56. The van der Waals surface area contributed by atoms with Gasteiger partial charge in [0.2, 0.25) is 0 Å². The normalized spacial score (nSPS) is 12.2. The average Bonchev–Trinajstić information content (AvgIpc) is 3.92. The Hall–Kier alpha value is -7.34. The minimum Gasteiger partial charge on any atom is -0.309 e. The number of hydrogen-bond acceptors (Lipinski definition) is 3. The lowest BCUT2D eigenvalue weighted by Gasteiger charge is -2.15. The minimum atomic E-state index is 0.819. The van der Waals surface area contributed by atoms with Gasteiger partial charge in [0, 0.05) is 53.0 Å². The van der Waals surface area contributed by atoms with Crippen LogP contribution < -0.4 is 0 Å². The first-order valence-corrected chi connectivity index (χ1v) is 20.1. The molecule has 0 radical (unpaired) electrons. The molecule has 13 aromatic rings. The van der Waals surface area contributed by atoms with Crippen molar-refractivity contribution >= 4 is 108 Å². The van der Waals surface area contributed by atoms with Crippen molar-refractivity contribution in [1.29, 1.82) is 0 Å². The lowest BCUT2D eigenvalue weighted by molar-refractivity contribution is 1.08. The number of benzene rings is 9. The molecule has 0 N–H and O–H groups in total. The van der Waals surface area contributed by atoms with E-state index in [0.29, 0.717) is 0 Å². The monoisotopic (exact) mass is 742 g/mol. The van der Waals surface area contributed by atoms with E-state index >= 15 is 0 Å². The van der Waals surface area contributed by atoms with Crippen LogP contribution in [0.15, 0.2) is 182 Å². The Bertz CT molecular complexity index is 3830. The molecule has 4 nitrogen and oxygen atoms in total. The van der Waals surface area contributed by atoms with Gasteiger partial charge in [-0.05, 0) is 76.1 Å². The van der Waals surface area contributed by atoms with Gasteiger partial charge in [-0.3, -0.25) is 4.57 Å². The molecular formula is C52H30N4S. The van der Waals surface area contributed by atoms with Crippen LogP contribution in [-0.2, 0) is 0 Å². The molecule has 0 aliphatic carbocycles. The van der Waals surface area contributed by atoms with Gasteiger partial charge in [-0.2, -0.15) is 0 Å². The van der Waals surface area contributed by atoms with E-state index in [4.69, 9.17) is 9.97 Å². The molecule has 0 amide bonds. The summed E-state index contributed by atoms with van der Waals surface area (Å²) in [6.07, 6.45) is 0. The molecule has 0 atom stereocenters. The van der Waals surface area contributed by atoms with Crippen LogP contribution in [-0.4, -0.2) is 19.1 Å². The van der Waals surface area contributed by atoms with Crippen molar-refractivity contribution in [2.24, 2.45) is 0 Å². The van der Waals surface area contributed by atoms with E-state index in [1.165, 1.54) is 74.3 Å². The summed E-state index contributed by atoms with van der Waals surface area (Å²) in [5.74, 6) is 0.819. The number of nitrogens with zero attached hydrogens (tertiary/aromatic N) is 4. The molecule has 0 saturated carbocycles. The number of fused-ring (bicyclic) bond motifs is 13. The van der Waals surface area contributed by atoms with Gasteiger partial charge >= 0.3 is 0 Å². The number of thiophene rings is 1. The van der Waals surface area contributed by atoms with E-state index in [1.54, 1.807) is 0 Å². The lowest BCUT2D eigenvalue weighted by Crippen LogP contribution is -2.04. The molecule has 0 spiro atoms. The van der Waals surface area contributed by atoms with E-state index in [-0.39, 0.29) is 0 Å². The summed E-state index contributed by atoms with van der Waals surface area (Å²) >= 11 is 1.83. The highest BCUT2D eigenvalue weighted by molar-refractivity contribution is 7.26. The highest BCUT2D eigenvalue weighted by Gasteiger charge is 2.23. The molecular weight excluding hydrogens is 713 g/mol. The first-order valence-electron chi connectivity index (χ1n) is 19.3. The molecule has 13 rings (SSSR count). The fourth-order valence-electron chi connectivity index (χ4n) is 9.34. The third-order valence-electron chi connectivity index (χ3n) is 11.9. The second-order valence-corrected chi connectivity index (χ2v) is 16.0. The van der Waals surface area contributed by atoms with Crippen LogP contribution in [0.1, 0.15) is 0 Å². The zero-order chi connectivity index (χ0) is 37.2. The average molecular weight is 743 g/mol. The topological polar surface area (TPSA) is 35.6 Å². The summed E-state index contributed by atoms with van der Waals surface area (Å²) in [4.78, 5) is 11.1. The van der Waals surface area contributed by atoms with Gasteiger partial charge in [0.05, 0.1) is 33.1 Å². The van der Waals surface area contributed by atoms with E-state index in [9.17, 15) is 0 Å². The van der Waals surface area contributed by atoms with E-state index in [2.05, 4.69) is 185 Å². The standard InChI is InChI=1S/C52H30N4S/c1-2-14-33-29-46-41(28-32(33)13-1)36-26-25-34(55-44-22-9-5-17-39(44)49-35-15-4-3-12-31(35)24-27-45(49)55)30-47(36)56(46)52-50(53-42-20-7-8-21-43(42)54-52)40-19-11-18-38-37-16-6-10-23-48(37)57-51(38)40/h1-30H. The van der Waals surface area contributed by atoms with Crippen LogP contribution in [0.4, 0.5) is 0 Å². The summed E-state index contributed by atoms with van der Waals surface area (Å²) in [5, 5.41) is 12.3. The van der Waals surface area contributed by atoms with Gasteiger partial charge < -0.3 is 4.57 Å². The Balaban J connectivity index is 1.18. The van der Waals surface area contributed by atoms with Crippen LogP contribution >= 0.6 is 11.3 Å². The first-order chi connectivity index (χ1) is 28.3. The summed E-state index contributed by atoms with van der Waals surface area (Å²) < 4.78 is 7.29. The predicted octanol–water partition coefficient (Wildman–Crippen LogP) is 14.2. The van der Waals surface area contributed by atoms with Crippen LogP contribution in [0.3, 0.4) is 0 Å². The lowest BCUT2D eigenvalue weighted by atomic mass is 10.0. The highest BCUT2D eigenvalue weighted by Crippen LogP contribution is 2.44. The van der Waals surface area contributed by atoms with Crippen LogP contribution in [0.2, 0.25) is 0 Å². The molecule has 264 valence electrons. The SMILES string of the molecule is c1ccc2cc3c(cc2c1)c1ccc(-n2c4ccccc4c4c5ccccc5ccc42)cc1n3-c1nc2ccccc2nc1-c1cccc2c1sc1ccccc12. The van der Waals surface area contributed by atoms with Crippen molar-refractivity contribution < 1.29 is 0 Å². The fraction of sp³-hybridized carbons (Fsp3) is 0. The summed E-state index contributed by atoms with van der Waals surface area (Å²) in [6, 6.07) is 65.9. The smallest absolute Gasteiger partial charge is 0.165 e. The molecule has 0 fully saturated rings. The predicted molar refractivity (Wildman–Crippen MR) is 242 cm³/mol. The maximum Gasteiger partial charge on any atom is 0.165 e. The number of para-hydroxylation sites is 3. The Morgan fingerprint density at radius 1 is 0.386 bits per heavy atom. The van der Waals surface area contributed by atoms with Crippen LogP contribution in [0, 0.1) is 0 Å². The van der Waals surface area contributed by atoms with Crippen LogP contribution in [0.5, 0.6) is 0 Å². The summed E-state index contributed by atoms with van der Waals surface area (Å²) in [7, 11) is 0. The molecule has 0 saturated heterocycles. The number of hydrogen-bond donors (Lipinski definition) is 0. The second kappa shape index (κ2) is 11.6. The van der Waals surface area contributed by atoms with E-state index in [0.717, 1.165) is 44.8 Å². The largest absolute Gasteiger partial charge is 0.309 e. The molecule has 0 aliphatic heterocycles. The Labute approximate surface area is 330 Å². The highest BCUT2D eigenvalue weighted by atomic mass is 32.1. The molecule has 57 heavy (non-hydrogen) atoms. The molecule has 9 aromatic carbocycles. The molecule has 4 aromatic heterocycles. The van der Waals surface area contributed by atoms with Crippen LogP contribution in [0.25, 0.3) is 119 Å². The molecule has 0 bridgehead atoms. The van der Waals surface area contributed by atoms with Gasteiger partial charge in [-0.1, -0.05) is 127 Å². The molecule has 5 heteroatoms. The number of rotatable bonds is 3. The number of aromatic nitrogens is 4. The van der Waals surface area contributed by atoms with E-state index < -0.39 is 0 Å². The quantitative estimate of drug-likeness (QED) is 0.181. The zero-order valence-corrected chi connectivity index (χ0v) is 31.3. The summed E-state index contributed by atoms with van der Waals surface area (Å²) in [5.41, 5.74) is 9.33. The van der Waals surface area contributed by atoms with E-state index in [1.807, 2.05) is 17.4 Å². The Morgan fingerprint density at radius 2 is 1.07 bits per heavy atom. The third kappa shape index (κ3) is 4.37. The van der Waals surface area contributed by atoms with Crippen molar-refractivity contribution in [3.8, 4) is 22.8 Å². The summed E-state index contributed by atoms with van der Waals surface area (Å²) in [6.45, 7) is 0. The van der Waals surface area contributed by atoms with Crippen molar-refractivity contribution in [2.75, 3.05) is 0 Å². The van der Waals surface area contributed by atoms with Crippen molar-refractivity contribution in [2.45, 2.75) is 0 Å². The molecule has 0 unspecified atom stereocenters. The third-order valence-corrected chi connectivity index (χ3v) is 13.1. The molecule has 4 heterocycles. The Morgan fingerprint density at radius 3 is 1.95 bits per heavy atom. The maximum absolute atomic E-state index is 5.56. The fourth-order valence-corrected chi connectivity index (χ4v) is 10.6. The van der Waals surface area contributed by atoms with Gasteiger partial charge in [-0.15, -0.1) is 11.3 Å². The minimum absolute atomic E-state index is 0.819. The van der Waals surface area contributed by atoms with Gasteiger partial charge in [-0.25, -0.2) is 9.97 Å². The van der Waals surface area contributed by atoms with Crippen molar-refractivity contribution in [3.05, 3.63) is 182 Å². The van der Waals surface area contributed by atoms with Gasteiger partial charge in [0.1, 0.15) is 5.69 Å².